The molecule has 4 N–H and O–H groups in total. The van der Waals surface area contributed by atoms with Crippen LogP contribution in [-0.4, -0.2) is 27.5 Å². The number of pyridine rings is 1. The molecule has 1 heterocycles. The van der Waals surface area contributed by atoms with Crippen molar-refractivity contribution in [2.75, 3.05) is 5.32 Å². The molecule has 1 aromatic heterocycles. The van der Waals surface area contributed by atoms with Crippen LogP contribution in [0.4, 0.5) is 5.82 Å². The molecular weight excluding hydrogens is 270 g/mol. The predicted octanol–water partition coefficient (Wildman–Crippen LogP) is 2.00. The fourth-order valence-corrected chi connectivity index (χ4v) is 2.20. The van der Waals surface area contributed by atoms with Crippen LogP contribution in [0.15, 0.2) is 30.3 Å². The third kappa shape index (κ3) is 3.47. The second kappa shape index (κ2) is 5.40. The van der Waals surface area contributed by atoms with E-state index >= 15 is 0 Å². The van der Waals surface area contributed by atoms with Gasteiger partial charge in [0.15, 0.2) is 5.69 Å². The maximum absolute atomic E-state index is 11.2. The molecule has 0 atom stereocenters. The van der Waals surface area contributed by atoms with Gasteiger partial charge in [0.1, 0.15) is 5.82 Å². The van der Waals surface area contributed by atoms with Gasteiger partial charge in [-0.1, -0.05) is 24.3 Å². The lowest BCUT2D eigenvalue weighted by Gasteiger charge is -2.26. The summed E-state index contributed by atoms with van der Waals surface area (Å²) < 4.78 is 0. The fourth-order valence-electron chi connectivity index (χ4n) is 2.20. The maximum atomic E-state index is 11.2. The van der Waals surface area contributed by atoms with E-state index in [0.29, 0.717) is 5.82 Å². The molecule has 0 aliphatic heterocycles. The number of fused-ring (bicyclic) bond motifs is 1. The van der Waals surface area contributed by atoms with Crippen molar-refractivity contribution >= 4 is 28.5 Å². The predicted molar refractivity (Wildman–Crippen MR) is 80.2 cm³/mol. The van der Waals surface area contributed by atoms with E-state index in [4.69, 9.17) is 10.8 Å². The first-order valence-corrected chi connectivity index (χ1v) is 6.48. The minimum Gasteiger partial charge on any atom is -0.477 e. The molecule has 110 valence electrons. The minimum absolute atomic E-state index is 0.0499. The van der Waals surface area contributed by atoms with Gasteiger partial charge in [-0.25, -0.2) is 9.78 Å². The third-order valence-electron chi connectivity index (χ3n) is 3.03. The molecule has 0 saturated heterocycles. The van der Waals surface area contributed by atoms with Gasteiger partial charge in [-0.2, -0.15) is 0 Å². The van der Waals surface area contributed by atoms with Crippen molar-refractivity contribution in [2.24, 2.45) is 5.73 Å². The largest absolute Gasteiger partial charge is 0.477 e. The Morgan fingerprint density at radius 3 is 2.62 bits per heavy atom. The molecule has 0 bridgehead atoms. The van der Waals surface area contributed by atoms with Gasteiger partial charge in [-0.15, -0.1) is 0 Å². The molecule has 0 fully saturated rings. The van der Waals surface area contributed by atoms with Gasteiger partial charge in [0.25, 0.3) is 0 Å². The van der Waals surface area contributed by atoms with Crippen molar-refractivity contribution in [3.8, 4) is 0 Å². The molecule has 1 aromatic carbocycles. The number of hydrogen-bond acceptors (Lipinski definition) is 4. The van der Waals surface area contributed by atoms with Gasteiger partial charge in [0.2, 0.25) is 5.91 Å². The summed E-state index contributed by atoms with van der Waals surface area (Å²) in [5.41, 5.74) is 4.55. The number of amides is 1. The zero-order chi connectivity index (χ0) is 15.6. The van der Waals surface area contributed by atoms with Crippen LogP contribution in [0.3, 0.4) is 0 Å². The average Bonchev–Trinajstić information content (AvgIpc) is 2.36. The lowest BCUT2D eigenvalue weighted by molar-refractivity contribution is -0.118. The molecule has 0 unspecified atom stereocenters. The summed E-state index contributed by atoms with van der Waals surface area (Å²) in [6, 6.07) is 8.85. The first-order chi connectivity index (χ1) is 9.78. The van der Waals surface area contributed by atoms with Gasteiger partial charge in [0.05, 0.1) is 0 Å². The highest BCUT2D eigenvalue weighted by molar-refractivity contribution is 5.98. The van der Waals surface area contributed by atoms with E-state index in [0.717, 1.165) is 10.8 Å². The summed E-state index contributed by atoms with van der Waals surface area (Å²) in [5.74, 6) is -1.11. The lowest BCUT2D eigenvalue weighted by Crippen LogP contribution is -2.36. The fraction of sp³-hybridized carbons (Fsp3) is 0.267. The molecule has 0 radical (unpaired) electrons. The number of aromatic nitrogens is 1. The Morgan fingerprint density at radius 2 is 2.00 bits per heavy atom. The highest BCUT2D eigenvalue weighted by Gasteiger charge is 2.22. The van der Waals surface area contributed by atoms with Gasteiger partial charge >= 0.3 is 5.97 Å². The molecule has 0 saturated carbocycles. The summed E-state index contributed by atoms with van der Waals surface area (Å²) in [7, 11) is 0. The number of aromatic carboxylic acids is 1. The summed E-state index contributed by atoms with van der Waals surface area (Å²) in [5, 5.41) is 13.8. The van der Waals surface area contributed by atoms with Crippen LogP contribution in [0.1, 0.15) is 30.8 Å². The second-order valence-electron chi connectivity index (χ2n) is 5.53. The molecule has 0 aliphatic carbocycles. The van der Waals surface area contributed by atoms with E-state index in [1.807, 2.05) is 38.1 Å². The number of nitrogens with zero attached hydrogens (tertiary/aromatic N) is 1. The number of rotatable bonds is 5. The number of anilines is 1. The Kier molecular flexibility index (Phi) is 3.80. The molecule has 0 aliphatic rings. The van der Waals surface area contributed by atoms with E-state index < -0.39 is 17.4 Å². The molecule has 2 rings (SSSR count). The van der Waals surface area contributed by atoms with E-state index in [1.165, 1.54) is 6.07 Å². The SMILES string of the molecule is CC(C)(CC(N)=O)Nc1nc(C(=O)O)cc2ccccc12. The molecule has 2 aromatic rings. The highest BCUT2D eigenvalue weighted by Crippen LogP contribution is 2.26. The molecule has 6 heteroatoms. The minimum atomic E-state index is -1.10. The molecule has 21 heavy (non-hydrogen) atoms. The summed E-state index contributed by atoms with van der Waals surface area (Å²) in [6.45, 7) is 3.61. The van der Waals surface area contributed by atoms with E-state index in [1.54, 1.807) is 0 Å². The molecule has 6 nitrogen and oxygen atoms in total. The quantitative estimate of drug-likeness (QED) is 0.780. The maximum Gasteiger partial charge on any atom is 0.354 e. The first kappa shape index (κ1) is 14.8. The number of carbonyl (C=O) groups excluding carboxylic acids is 1. The van der Waals surface area contributed by atoms with Crippen molar-refractivity contribution in [3.63, 3.8) is 0 Å². The number of nitrogens with one attached hydrogen (secondary N) is 1. The van der Waals surface area contributed by atoms with Crippen molar-refractivity contribution in [3.05, 3.63) is 36.0 Å². The Labute approximate surface area is 122 Å². The van der Waals surface area contributed by atoms with Crippen LogP contribution in [0.5, 0.6) is 0 Å². The number of carbonyl (C=O) groups is 2. The standard InChI is InChI=1S/C15H17N3O3/c1-15(2,8-12(16)19)18-13-10-6-4-3-5-9(10)7-11(17-13)14(20)21/h3-7H,8H2,1-2H3,(H2,16,19)(H,17,18)(H,20,21). The van der Waals surface area contributed by atoms with Crippen LogP contribution < -0.4 is 11.1 Å². The summed E-state index contributed by atoms with van der Waals surface area (Å²) in [4.78, 5) is 26.4. The van der Waals surface area contributed by atoms with Crippen LogP contribution in [0, 0.1) is 0 Å². The summed E-state index contributed by atoms with van der Waals surface area (Å²) in [6.07, 6.45) is 0.111. The lowest BCUT2D eigenvalue weighted by atomic mass is 9.99. The van der Waals surface area contributed by atoms with Gasteiger partial charge in [-0.05, 0) is 25.3 Å². The van der Waals surface area contributed by atoms with Gasteiger partial charge in [0, 0.05) is 17.3 Å². The van der Waals surface area contributed by atoms with Crippen LogP contribution >= 0.6 is 0 Å². The molecule has 0 spiro atoms. The number of carboxylic acids is 1. The van der Waals surface area contributed by atoms with E-state index in [2.05, 4.69) is 10.3 Å². The zero-order valence-electron chi connectivity index (χ0n) is 11.9. The van der Waals surface area contributed by atoms with Crippen LogP contribution in [0.25, 0.3) is 10.8 Å². The summed E-state index contributed by atoms with van der Waals surface area (Å²) >= 11 is 0. The smallest absolute Gasteiger partial charge is 0.354 e. The number of carboxylic acid groups (broad SMARTS) is 1. The van der Waals surface area contributed by atoms with E-state index in [-0.39, 0.29) is 12.1 Å². The number of hydrogen-bond donors (Lipinski definition) is 3. The van der Waals surface area contributed by atoms with Crippen molar-refractivity contribution in [1.82, 2.24) is 4.98 Å². The Bertz CT molecular complexity index is 710. The topological polar surface area (TPSA) is 105 Å². The number of benzene rings is 1. The Morgan fingerprint density at radius 1 is 1.33 bits per heavy atom. The molecule has 1 amide bonds. The van der Waals surface area contributed by atoms with Crippen molar-refractivity contribution in [1.29, 1.82) is 0 Å². The van der Waals surface area contributed by atoms with Crippen LogP contribution in [-0.2, 0) is 4.79 Å². The second-order valence-corrected chi connectivity index (χ2v) is 5.53. The normalized spacial score (nSPS) is 11.3. The Hall–Kier alpha value is -2.63. The van der Waals surface area contributed by atoms with Crippen LogP contribution in [0.2, 0.25) is 0 Å². The van der Waals surface area contributed by atoms with Gasteiger partial charge in [-0.3, -0.25) is 4.79 Å². The third-order valence-corrected chi connectivity index (χ3v) is 3.03. The number of primary amides is 1. The van der Waals surface area contributed by atoms with Gasteiger partial charge < -0.3 is 16.2 Å². The Balaban J connectivity index is 2.51. The zero-order valence-corrected chi connectivity index (χ0v) is 11.9. The monoisotopic (exact) mass is 287 g/mol. The van der Waals surface area contributed by atoms with Crippen molar-refractivity contribution in [2.45, 2.75) is 25.8 Å². The number of nitrogens with two attached hydrogens (primary N) is 1. The van der Waals surface area contributed by atoms with E-state index in [9.17, 15) is 9.59 Å². The highest BCUT2D eigenvalue weighted by atomic mass is 16.4. The average molecular weight is 287 g/mol. The first-order valence-electron chi connectivity index (χ1n) is 6.48. The molecular formula is C15H17N3O3. The van der Waals surface area contributed by atoms with Crippen molar-refractivity contribution < 1.29 is 14.7 Å².